The fraction of sp³-hybridized carbons (Fsp3) is 0.778. The zero-order valence-electron chi connectivity index (χ0n) is 21.0. The molecule has 182 valence electrons. The van der Waals surface area contributed by atoms with Gasteiger partial charge in [0.15, 0.2) is 0 Å². The first-order valence-corrected chi connectivity index (χ1v) is 13.0. The standard InChI is InChI=1S/C27H46N2O3/c1-6-26(31,7-2)23-12-10-14-28(23)18-21-16-20(5)17-22(25(21)30)19-29-15-11-13-24(29)27(32,8-3)9-4/h16-17,23-24,30-32H,6-15,18-19H2,1-5H3. The van der Waals surface area contributed by atoms with Crippen LogP contribution in [0.3, 0.4) is 0 Å². The van der Waals surface area contributed by atoms with E-state index in [-0.39, 0.29) is 12.1 Å². The van der Waals surface area contributed by atoms with Crippen LogP contribution < -0.4 is 0 Å². The second-order valence-electron chi connectivity index (χ2n) is 10.3. The van der Waals surface area contributed by atoms with E-state index in [9.17, 15) is 15.3 Å². The Morgan fingerprint density at radius 1 is 0.781 bits per heavy atom. The fourth-order valence-corrected chi connectivity index (χ4v) is 6.30. The highest BCUT2D eigenvalue weighted by Gasteiger charge is 2.41. The molecule has 1 aromatic rings. The molecule has 32 heavy (non-hydrogen) atoms. The summed E-state index contributed by atoms with van der Waals surface area (Å²) in [5.41, 5.74) is 1.75. The second-order valence-corrected chi connectivity index (χ2v) is 10.3. The van der Waals surface area contributed by atoms with Gasteiger partial charge >= 0.3 is 0 Å². The highest BCUT2D eigenvalue weighted by atomic mass is 16.3. The average Bonchev–Trinajstić information content (AvgIpc) is 3.46. The SMILES string of the molecule is CCC(O)(CC)C1CCCN1Cc1cc(C)cc(CN2CCCC2C(O)(CC)CC)c1O. The summed E-state index contributed by atoms with van der Waals surface area (Å²) >= 11 is 0. The van der Waals surface area contributed by atoms with Gasteiger partial charge in [0.25, 0.3) is 0 Å². The molecule has 0 radical (unpaired) electrons. The van der Waals surface area contributed by atoms with E-state index in [1.54, 1.807) is 0 Å². The Morgan fingerprint density at radius 3 is 1.50 bits per heavy atom. The Balaban J connectivity index is 1.82. The van der Waals surface area contributed by atoms with Crippen LogP contribution in [0.5, 0.6) is 5.75 Å². The van der Waals surface area contributed by atoms with Crippen LogP contribution in [-0.4, -0.2) is 61.5 Å². The minimum Gasteiger partial charge on any atom is -0.507 e. The van der Waals surface area contributed by atoms with Crippen molar-refractivity contribution in [3.8, 4) is 5.75 Å². The van der Waals surface area contributed by atoms with E-state index in [4.69, 9.17) is 0 Å². The molecule has 0 saturated carbocycles. The summed E-state index contributed by atoms with van der Waals surface area (Å²) in [4.78, 5) is 4.74. The molecule has 5 heteroatoms. The number of hydrogen-bond acceptors (Lipinski definition) is 5. The highest BCUT2D eigenvalue weighted by molar-refractivity contribution is 5.43. The molecule has 5 nitrogen and oxygen atoms in total. The number of benzene rings is 1. The van der Waals surface area contributed by atoms with Crippen molar-refractivity contribution in [3.63, 3.8) is 0 Å². The van der Waals surface area contributed by atoms with Crippen molar-refractivity contribution in [1.82, 2.24) is 9.80 Å². The highest BCUT2D eigenvalue weighted by Crippen LogP contribution is 2.37. The number of aryl methyl sites for hydroxylation is 1. The van der Waals surface area contributed by atoms with Crippen molar-refractivity contribution in [1.29, 1.82) is 0 Å². The van der Waals surface area contributed by atoms with E-state index in [0.29, 0.717) is 18.8 Å². The Labute approximate surface area is 195 Å². The molecule has 2 aliphatic rings. The number of hydrogen-bond donors (Lipinski definition) is 3. The first kappa shape index (κ1) is 25.5. The maximum absolute atomic E-state index is 11.3. The van der Waals surface area contributed by atoms with E-state index < -0.39 is 11.2 Å². The molecule has 0 aliphatic carbocycles. The summed E-state index contributed by atoms with van der Waals surface area (Å²) in [6.45, 7) is 13.7. The van der Waals surface area contributed by atoms with Crippen LogP contribution in [0.4, 0.5) is 0 Å². The lowest BCUT2D eigenvalue weighted by Crippen LogP contribution is -2.49. The third-order valence-electron chi connectivity index (χ3n) is 8.58. The molecule has 3 rings (SSSR count). The molecular formula is C27H46N2O3. The summed E-state index contributed by atoms with van der Waals surface area (Å²) in [6, 6.07) is 4.49. The first-order valence-electron chi connectivity index (χ1n) is 13.0. The Bertz CT molecular complexity index is 698. The normalized spacial score (nSPS) is 23.3. The van der Waals surface area contributed by atoms with E-state index in [1.807, 2.05) is 0 Å². The van der Waals surface area contributed by atoms with Gasteiger partial charge in [0.05, 0.1) is 11.2 Å². The van der Waals surface area contributed by atoms with Crippen molar-refractivity contribution < 1.29 is 15.3 Å². The van der Waals surface area contributed by atoms with Crippen molar-refractivity contribution in [2.75, 3.05) is 13.1 Å². The van der Waals surface area contributed by atoms with Gasteiger partial charge in [-0.05, 0) is 71.4 Å². The van der Waals surface area contributed by atoms with Crippen molar-refractivity contribution in [2.24, 2.45) is 0 Å². The molecule has 2 heterocycles. The van der Waals surface area contributed by atoms with E-state index in [1.165, 1.54) is 0 Å². The molecular weight excluding hydrogens is 400 g/mol. The van der Waals surface area contributed by atoms with Gasteiger partial charge in [-0.3, -0.25) is 9.80 Å². The zero-order chi connectivity index (χ0) is 23.5. The average molecular weight is 447 g/mol. The zero-order valence-corrected chi connectivity index (χ0v) is 21.0. The minimum atomic E-state index is -0.660. The summed E-state index contributed by atoms with van der Waals surface area (Å²) in [6.07, 6.45) is 7.23. The number of phenolic OH excluding ortho intramolecular Hbond substituents is 1. The van der Waals surface area contributed by atoms with E-state index >= 15 is 0 Å². The van der Waals surface area contributed by atoms with Crippen LogP contribution in [0.1, 0.15) is 95.8 Å². The van der Waals surface area contributed by atoms with E-state index in [2.05, 4.69) is 56.6 Å². The number of aliphatic hydroxyl groups is 2. The minimum absolute atomic E-state index is 0.146. The fourth-order valence-electron chi connectivity index (χ4n) is 6.30. The topological polar surface area (TPSA) is 67.2 Å². The molecule has 2 saturated heterocycles. The molecule has 3 N–H and O–H groups in total. The van der Waals surface area contributed by atoms with Crippen molar-refractivity contribution >= 4 is 0 Å². The third-order valence-corrected chi connectivity index (χ3v) is 8.58. The van der Waals surface area contributed by atoms with Crippen LogP contribution in [0.15, 0.2) is 12.1 Å². The van der Waals surface area contributed by atoms with Gasteiger partial charge in [-0.2, -0.15) is 0 Å². The molecule has 2 fully saturated rings. The Kier molecular flexibility index (Phi) is 8.30. The van der Waals surface area contributed by atoms with E-state index in [0.717, 1.165) is 81.1 Å². The second kappa shape index (κ2) is 10.4. The molecule has 2 atom stereocenters. The van der Waals surface area contributed by atoms with Crippen LogP contribution in [0, 0.1) is 6.92 Å². The Hall–Kier alpha value is -1.14. The molecule has 2 aliphatic heterocycles. The quantitative estimate of drug-likeness (QED) is 0.485. The number of likely N-dealkylation sites (tertiary alicyclic amines) is 2. The smallest absolute Gasteiger partial charge is 0.124 e. The maximum Gasteiger partial charge on any atom is 0.124 e. The predicted molar refractivity (Wildman–Crippen MR) is 131 cm³/mol. The van der Waals surface area contributed by atoms with Crippen LogP contribution in [-0.2, 0) is 13.1 Å². The van der Waals surface area contributed by atoms with Gasteiger partial charge in [0.2, 0.25) is 0 Å². The van der Waals surface area contributed by atoms with Crippen molar-refractivity contribution in [2.45, 2.75) is 122 Å². The molecule has 0 amide bonds. The number of nitrogens with zero attached hydrogens (tertiary/aromatic N) is 2. The summed E-state index contributed by atoms with van der Waals surface area (Å²) in [7, 11) is 0. The van der Waals surface area contributed by atoms with Gasteiger partial charge in [0.1, 0.15) is 5.75 Å². The maximum atomic E-state index is 11.3. The lowest BCUT2D eigenvalue weighted by molar-refractivity contribution is -0.0422. The van der Waals surface area contributed by atoms with Gasteiger partial charge in [-0.25, -0.2) is 0 Å². The third kappa shape index (κ3) is 5.01. The van der Waals surface area contributed by atoms with Crippen LogP contribution in [0.2, 0.25) is 0 Å². The van der Waals surface area contributed by atoms with Gasteiger partial charge in [0, 0.05) is 36.3 Å². The number of aromatic hydroxyl groups is 1. The summed E-state index contributed by atoms with van der Waals surface area (Å²) in [5, 5.41) is 33.6. The molecule has 0 spiro atoms. The molecule has 0 aromatic heterocycles. The van der Waals surface area contributed by atoms with Crippen LogP contribution in [0.25, 0.3) is 0 Å². The predicted octanol–water partition coefficient (Wildman–Crippen LogP) is 4.73. The van der Waals surface area contributed by atoms with Gasteiger partial charge in [-0.15, -0.1) is 0 Å². The Morgan fingerprint density at radius 2 is 1.16 bits per heavy atom. The summed E-state index contributed by atoms with van der Waals surface area (Å²) in [5.74, 6) is 0.389. The largest absolute Gasteiger partial charge is 0.507 e. The molecule has 2 unspecified atom stereocenters. The first-order chi connectivity index (χ1) is 15.2. The molecule has 0 bridgehead atoms. The van der Waals surface area contributed by atoms with Crippen LogP contribution >= 0.6 is 0 Å². The monoisotopic (exact) mass is 446 g/mol. The van der Waals surface area contributed by atoms with Gasteiger partial charge < -0.3 is 15.3 Å². The number of phenols is 1. The molecule has 1 aromatic carbocycles. The lowest BCUT2D eigenvalue weighted by Gasteiger charge is -2.39. The van der Waals surface area contributed by atoms with Crippen molar-refractivity contribution in [3.05, 3.63) is 28.8 Å². The lowest BCUT2D eigenvalue weighted by atomic mass is 9.86. The van der Waals surface area contributed by atoms with Gasteiger partial charge in [-0.1, -0.05) is 45.4 Å². The number of rotatable bonds is 10. The summed E-state index contributed by atoms with van der Waals surface area (Å²) < 4.78 is 0.